The lowest BCUT2D eigenvalue weighted by atomic mass is 10.1. The quantitative estimate of drug-likeness (QED) is 0.346. The Bertz CT molecular complexity index is 1060. The predicted octanol–water partition coefficient (Wildman–Crippen LogP) is 4.58. The van der Waals surface area contributed by atoms with Crippen LogP contribution in [-0.2, 0) is 25.9 Å². The third-order valence-electron chi connectivity index (χ3n) is 5.25. The van der Waals surface area contributed by atoms with E-state index in [-0.39, 0.29) is 6.04 Å². The van der Waals surface area contributed by atoms with Gasteiger partial charge in [-0.15, -0.1) is 21.5 Å². The SMILES string of the molecule is CCCCc1ncc(CNC(Cc2cccs2)c2nn[nH]n2)n1Cc1ccccc1Cl. The molecule has 4 aromatic rings. The van der Waals surface area contributed by atoms with Crippen LogP contribution in [0, 0.1) is 0 Å². The second kappa shape index (κ2) is 10.7. The van der Waals surface area contributed by atoms with E-state index in [0.717, 1.165) is 47.8 Å². The number of imidazole rings is 1. The molecule has 3 heterocycles. The Morgan fingerprint density at radius 1 is 1.23 bits per heavy atom. The lowest BCUT2D eigenvalue weighted by molar-refractivity contribution is 0.493. The zero-order valence-electron chi connectivity index (χ0n) is 17.5. The molecule has 0 aliphatic heterocycles. The summed E-state index contributed by atoms with van der Waals surface area (Å²) in [5, 5.41) is 21.2. The van der Waals surface area contributed by atoms with Gasteiger partial charge in [0.15, 0.2) is 5.82 Å². The van der Waals surface area contributed by atoms with Gasteiger partial charge in [0.2, 0.25) is 0 Å². The number of aryl methyl sites for hydroxylation is 1. The molecule has 2 N–H and O–H groups in total. The van der Waals surface area contributed by atoms with E-state index in [0.29, 0.717) is 18.9 Å². The number of nitrogens with zero attached hydrogens (tertiary/aromatic N) is 5. The number of benzene rings is 1. The third-order valence-corrected chi connectivity index (χ3v) is 6.52. The molecule has 0 amide bonds. The Kier molecular flexibility index (Phi) is 7.45. The molecular weight excluding hydrogens is 430 g/mol. The Labute approximate surface area is 190 Å². The van der Waals surface area contributed by atoms with Gasteiger partial charge in [0.1, 0.15) is 5.82 Å². The maximum Gasteiger partial charge on any atom is 0.191 e. The summed E-state index contributed by atoms with van der Waals surface area (Å²) in [6.45, 7) is 3.55. The Hall–Kier alpha value is -2.55. The van der Waals surface area contributed by atoms with Crippen LogP contribution in [0.15, 0.2) is 48.0 Å². The van der Waals surface area contributed by atoms with E-state index in [9.17, 15) is 0 Å². The molecule has 7 nitrogen and oxygen atoms in total. The molecule has 0 saturated carbocycles. The van der Waals surface area contributed by atoms with Crippen molar-refractivity contribution in [3.05, 3.63) is 80.8 Å². The molecule has 0 bridgehead atoms. The van der Waals surface area contributed by atoms with Gasteiger partial charge in [-0.25, -0.2) is 4.98 Å². The molecule has 162 valence electrons. The summed E-state index contributed by atoms with van der Waals surface area (Å²) in [4.78, 5) is 6.00. The van der Waals surface area contributed by atoms with E-state index in [1.54, 1.807) is 11.3 Å². The summed E-state index contributed by atoms with van der Waals surface area (Å²) in [6.07, 6.45) is 5.96. The van der Waals surface area contributed by atoms with Crippen molar-refractivity contribution in [1.82, 2.24) is 35.5 Å². The highest BCUT2D eigenvalue weighted by atomic mass is 35.5. The normalized spacial score (nSPS) is 12.3. The fraction of sp³-hybridized carbons (Fsp3) is 0.364. The second-order valence-electron chi connectivity index (χ2n) is 7.43. The standard InChI is InChI=1S/C22H26ClN7S/c1-2-3-10-21-25-14-17(30(21)15-16-7-4-5-9-19(16)23)13-24-20(22-26-28-29-27-22)12-18-8-6-11-31-18/h4-9,11,14,20,24H,2-3,10,12-13,15H2,1H3,(H,26,27,28,29). The summed E-state index contributed by atoms with van der Waals surface area (Å²) < 4.78 is 2.28. The molecule has 0 fully saturated rings. The number of hydrogen-bond acceptors (Lipinski definition) is 6. The number of thiophene rings is 1. The monoisotopic (exact) mass is 455 g/mol. The van der Waals surface area contributed by atoms with E-state index in [4.69, 9.17) is 16.6 Å². The van der Waals surface area contributed by atoms with Crippen LogP contribution in [0.5, 0.6) is 0 Å². The van der Waals surface area contributed by atoms with Crippen LogP contribution >= 0.6 is 22.9 Å². The van der Waals surface area contributed by atoms with Crippen LogP contribution in [0.1, 0.15) is 53.6 Å². The second-order valence-corrected chi connectivity index (χ2v) is 8.87. The van der Waals surface area contributed by atoms with Gasteiger partial charge in [-0.1, -0.05) is 54.4 Å². The van der Waals surface area contributed by atoms with E-state index >= 15 is 0 Å². The van der Waals surface area contributed by atoms with E-state index in [2.05, 4.69) is 61.0 Å². The molecule has 3 aromatic heterocycles. The van der Waals surface area contributed by atoms with Crippen LogP contribution in [0.4, 0.5) is 0 Å². The average Bonchev–Trinajstić information content (AvgIpc) is 3.54. The number of aromatic nitrogens is 6. The van der Waals surface area contributed by atoms with Gasteiger partial charge in [0.05, 0.1) is 18.3 Å². The minimum Gasteiger partial charge on any atom is -0.326 e. The number of H-pyrrole nitrogens is 1. The summed E-state index contributed by atoms with van der Waals surface area (Å²) in [7, 11) is 0. The fourth-order valence-corrected chi connectivity index (χ4v) is 4.50. The lowest BCUT2D eigenvalue weighted by Crippen LogP contribution is -2.25. The first-order valence-electron chi connectivity index (χ1n) is 10.5. The van der Waals surface area contributed by atoms with Crippen molar-refractivity contribution in [1.29, 1.82) is 0 Å². The number of rotatable bonds is 11. The number of hydrogen-bond donors (Lipinski definition) is 2. The molecule has 4 rings (SSSR count). The molecule has 0 aliphatic carbocycles. The van der Waals surface area contributed by atoms with Gasteiger partial charge in [-0.05, 0) is 29.5 Å². The zero-order chi connectivity index (χ0) is 21.5. The van der Waals surface area contributed by atoms with E-state index < -0.39 is 0 Å². The highest BCUT2D eigenvalue weighted by Gasteiger charge is 2.19. The van der Waals surface area contributed by atoms with Crippen molar-refractivity contribution < 1.29 is 0 Å². The van der Waals surface area contributed by atoms with Crippen molar-refractivity contribution in [3.8, 4) is 0 Å². The molecule has 1 atom stereocenters. The van der Waals surface area contributed by atoms with Gasteiger partial charge in [0, 0.05) is 35.5 Å². The number of aromatic amines is 1. The topological polar surface area (TPSA) is 84.3 Å². The highest BCUT2D eigenvalue weighted by Crippen LogP contribution is 2.21. The molecule has 0 saturated heterocycles. The molecule has 1 unspecified atom stereocenters. The molecule has 31 heavy (non-hydrogen) atoms. The van der Waals surface area contributed by atoms with Crippen LogP contribution in [-0.4, -0.2) is 30.2 Å². The summed E-state index contributed by atoms with van der Waals surface area (Å²) in [5.41, 5.74) is 2.21. The van der Waals surface area contributed by atoms with Gasteiger partial charge < -0.3 is 9.88 Å². The molecule has 0 aliphatic rings. The number of halogens is 1. The van der Waals surface area contributed by atoms with E-state index in [1.807, 2.05) is 24.4 Å². The maximum atomic E-state index is 6.45. The Morgan fingerprint density at radius 2 is 2.13 bits per heavy atom. The van der Waals surface area contributed by atoms with Gasteiger partial charge in [-0.2, -0.15) is 5.21 Å². The first-order valence-corrected chi connectivity index (χ1v) is 11.8. The summed E-state index contributed by atoms with van der Waals surface area (Å²) >= 11 is 8.18. The third kappa shape index (κ3) is 5.58. The Morgan fingerprint density at radius 3 is 2.87 bits per heavy atom. The zero-order valence-corrected chi connectivity index (χ0v) is 19.0. The molecule has 0 spiro atoms. The van der Waals surface area contributed by atoms with Crippen molar-refractivity contribution in [2.45, 2.75) is 51.7 Å². The molecular formula is C22H26ClN7S. The van der Waals surface area contributed by atoms with Gasteiger partial charge in [-0.3, -0.25) is 0 Å². The van der Waals surface area contributed by atoms with E-state index in [1.165, 1.54) is 4.88 Å². The number of nitrogens with one attached hydrogen (secondary N) is 2. The molecule has 0 radical (unpaired) electrons. The minimum atomic E-state index is -0.0415. The van der Waals surface area contributed by atoms with Crippen molar-refractivity contribution in [3.63, 3.8) is 0 Å². The average molecular weight is 456 g/mol. The van der Waals surface area contributed by atoms with Gasteiger partial charge in [0.25, 0.3) is 0 Å². The number of tetrazole rings is 1. The number of unbranched alkanes of at least 4 members (excludes halogenated alkanes) is 1. The summed E-state index contributed by atoms with van der Waals surface area (Å²) in [5.74, 6) is 1.75. The predicted molar refractivity (Wildman–Crippen MR) is 123 cm³/mol. The van der Waals surface area contributed by atoms with Crippen molar-refractivity contribution in [2.24, 2.45) is 0 Å². The van der Waals surface area contributed by atoms with Crippen LogP contribution < -0.4 is 5.32 Å². The molecule has 9 heteroatoms. The van der Waals surface area contributed by atoms with Crippen LogP contribution in [0.3, 0.4) is 0 Å². The fourth-order valence-electron chi connectivity index (χ4n) is 3.55. The van der Waals surface area contributed by atoms with Crippen molar-refractivity contribution >= 4 is 22.9 Å². The Balaban J connectivity index is 1.55. The lowest BCUT2D eigenvalue weighted by Gasteiger charge is -2.17. The largest absolute Gasteiger partial charge is 0.326 e. The maximum absolute atomic E-state index is 6.45. The van der Waals surface area contributed by atoms with Crippen LogP contribution in [0.2, 0.25) is 5.02 Å². The smallest absolute Gasteiger partial charge is 0.191 e. The minimum absolute atomic E-state index is 0.0415. The first kappa shape index (κ1) is 21.7. The highest BCUT2D eigenvalue weighted by molar-refractivity contribution is 7.09. The van der Waals surface area contributed by atoms with Crippen molar-refractivity contribution in [2.75, 3.05) is 0 Å². The first-order chi connectivity index (χ1) is 15.2. The summed E-state index contributed by atoms with van der Waals surface area (Å²) in [6, 6.07) is 12.1. The molecule has 1 aromatic carbocycles. The van der Waals surface area contributed by atoms with Gasteiger partial charge >= 0.3 is 0 Å². The van der Waals surface area contributed by atoms with Crippen LogP contribution in [0.25, 0.3) is 0 Å².